The first-order chi connectivity index (χ1) is 14.4. The molecule has 154 valence electrons. The molecule has 0 radical (unpaired) electrons. The Kier molecular flexibility index (Phi) is 6.26. The number of pyridine rings is 1. The molecule has 0 aliphatic heterocycles. The lowest BCUT2D eigenvalue weighted by Crippen LogP contribution is -2.26. The zero-order valence-electron chi connectivity index (χ0n) is 16.8. The number of aromatic nitrogens is 1. The van der Waals surface area contributed by atoms with Crippen molar-refractivity contribution >= 4 is 17.4 Å². The van der Waals surface area contributed by atoms with Gasteiger partial charge in [-0.25, -0.2) is 0 Å². The molecule has 0 aliphatic rings. The molecule has 0 unspecified atom stereocenters. The van der Waals surface area contributed by atoms with Crippen molar-refractivity contribution in [3.63, 3.8) is 0 Å². The highest BCUT2D eigenvalue weighted by molar-refractivity contribution is 5.96. The molecule has 8 heteroatoms. The van der Waals surface area contributed by atoms with Crippen LogP contribution in [-0.4, -0.2) is 22.9 Å². The molecule has 0 saturated carbocycles. The number of nitrogens with zero attached hydrogens (tertiary/aromatic N) is 2. The van der Waals surface area contributed by atoms with Gasteiger partial charge in [0.2, 0.25) is 11.9 Å². The van der Waals surface area contributed by atoms with Gasteiger partial charge in [-0.3, -0.25) is 4.79 Å². The number of ether oxygens (including phenoxy) is 2. The first-order valence-electron chi connectivity index (χ1n) is 9.18. The van der Waals surface area contributed by atoms with Gasteiger partial charge in [-0.15, -0.1) is 0 Å². The number of methoxy groups -OCH3 is 1. The van der Waals surface area contributed by atoms with Gasteiger partial charge in [0.15, 0.2) is 0 Å². The monoisotopic (exact) mass is 407 g/mol. The van der Waals surface area contributed by atoms with E-state index in [1.165, 1.54) is 13.2 Å². The molecule has 0 spiro atoms. The molecule has 1 amide bonds. The fourth-order valence-electron chi connectivity index (χ4n) is 2.90. The predicted molar refractivity (Wildman–Crippen MR) is 112 cm³/mol. The number of nitro groups is 1. The van der Waals surface area contributed by atoms with E-state index in [9.17, 15) is 14.9 Å². The normalized spacial score (nSPS) is 11.4. The van der Waals surface area contributed by atoms with Crippen LogP contribution in [-0.2, 0) is 4.79 Å². The average Bonchev–Trinajstić information content (AvgIpc) is 2.73. The summed E-state index contributed by atoms with van der Waals surface area (Å²) in [6.45, 7) is 3.53. The molecule has 3 rings (SSSR count). The molecule has 1 N–H and O–H groups in total. The van der Waals surface area contributed by atoms with Gasteiger partial charge in [0.25, 0.3) is 5.91 Å². The Labute approximate surface area is 173 Å². The first kappa shape index (κ1) is 20.8. The van der Waals surface area contributed by atoms with Gasteiger partial charge >= 0.3 is 5.82 Å². The van der Waals surface area contributed by atoms with Crippen LogP contribution in [0.3, 0.4) is 0 Å². The number of anilines is 1. The molecule has 1 atom stereocenters. The number of nitrogens with one attached hydrogen (secondary N) is 1. The fraction of sp³-hybridized carbons (Fsp3) is 0.182. The van der Waals surface area contributed by atoms with E-state index in [-0.39, 0.29) is 5.75 Å². The lowest BCUT2D eigenvalue weighted by atomic mass is 10.1. The minimum atomic E-state index is -1.14. The molecule has 0 saturated heterocycles. The summed E-state index contributed by atoms with van der Waals surface area (Å²) < 4.78 is 11.1. The summed E-state index contributed by atoms with van der Waals surface area (Å²) in [4.78, 5) is 27.9. The van der Waals surface area contributed by atoms with Gasteiger partial charge in [-0.1, -0.05) is 36.4 Å². The van der Waals surface area contributed by atoms with E-state index in [0.29, 0.717) is 22.7 Å². The molecule has 1 heterocycles. The van der Waals surface area contributed by atoms with Crippen LogP contribution in [0.4, 0.5) is 11.5 Å². The summed E-state index contributed by atoms with van der Waals surface area (Å²) in [5.74, 6) is -0.550. The number of amides is 1. The Morgan fingerprint density at radius 3 is 2.43 bits per heavy atom. The van der Waals surface area contributed by atoms with Gasteiger partial charge in [-0.05, 0) is 46.7 Å². The van der Waals surface area contributed by atoms with Crippen LogP contribution in [0, 0.1) is 24.0 Å². The van der Waals surface area contributed by atoms with Crippen LogP contribution < -0.4 is 14.8 Å². The van der Waals surface area contributed by atoms with Crippen LogP contribution in [0.25, 0.3) is 0 Å². The van der Waals surface area contributed by atoms with E-state index in [4.69, 9.17) is 9.47 Å². The SMILES string of the molecule is COc1ccc(C)cc1NC(=O)[C@@H](Oc1ccc(C)nc1[N+](=O)[O-])c1ccccc1. The molecule has 0 fully saturated rings. The second-order valence-electron chi connectivity index (χ2n) is 6.63. The maximum Gasteiger partial charge on any atom is 0.406 e. The third-order valence-corrected chi connectivity index (χ3v) is 4.35. The molecule has 3 aromatic rings. The third kappa shape index (κ3) is 4.72. The minimum Gasteiger partial charge on any atom is -0.495 e. The maximum absolute atomic E-state index is 13.2. The summed E-state index contributed by atoms with van der Waals surface area (Å²) in [5, 5.41) is 14.2. The minimum absolute atomic E-state index is 0.0918. The Balaban J connectivity index is 1.98. The van der Waals surface area contributed by atoms with Gasteiger partial charge in [0.05, 0.1) is 12.8 Å². The van der Waals surface area contributed by atoms with Crippen LogP contribution in [0.2, 0.25) is 0 Å². The molecule has 0 bridgehead atoms. The highest BCUT2D eigenvalue weighted by Gasteiger charge is 2.28. The van der Waals surface area contributed by atoms with E-state index in [1.54, 1.807) is 55.5 Å². The van der Waals surface area contributed by atoms with Crippen LogP contribution in [0.5, 0.6) is 11.5 Å². The predicted octanol–water partition coefficient (Wildman–Crippen LogP) is 4.37. The zero-order valence-corrected chi connectivity index (χ0v) is 16.8. The van der Waals surface area contributed by atoms with Crippen LogP contribution in [0.1, 0.15) is 22.9 Å². The third-order valence-electron chi connectivity index (χ3n) is 4.35. The highest BCUT2D eigenvalue weighted by Crippen LogP contribution is 2.32. The molecule has 2 aromatic carbocycles. The van der Waals surface area contributed by atoms with E-state index in [2.05, 4.69) is 10.3 Å². The van der Waals surface area contributed by atoms with Crippen LogP contribution in [0.15, 0.2) is 60.7 Å². The van der Waals surface area contributed by atoms with Crippen molar-refractivity contribution in [2.75, 3.05) is 12.4 Å². The number of aryl methyl sites for hydroxylation is 2. The molecule has 30 heavy (non-hydrogen) atoms. The molecule has 1 aromatic heterocycles. The number of hydrogen-bond donors (Lipinski definition) is 1. The zero-order chi connectivity index (χ0) is 21.7. The van der Waals surface area contributed by atoms with Gasteiger partial charge in [0, 0.05) is 12.5 Å². The van der Waals surface area contributed by atoms with Crippen molar-refractivity contribution in [2.45, 2.75) is 20.0 Å². The van der Waals surface area contributed by atoms with E-state index < -0.39 is 22.8 Å². The average molecular weight is 407 g/mol. The number of rotatable bonds is 7. The van der Waals surface area contributed by atoms with Crippen LogP contribution >= 0.6 is 0 Å². The summed E-state index contributed by atoms with van der Waals surface area (Å²) in [7, 11) is 1.51. The molecular weight excluding hydrogens is 386 g/mol. The number of carbonyl (C=O) groups excluding carboxylic acids is 1. The standard InChI is InChI=1S/C22H21N3O5/c1-14-9-11-18(29-3)17(13-14)24-22(26)20(16-7-5-4-6-8-16)30-19-12-10-15(2)23-21(19)25(27)28/h4-13,20H,1-3H3,(H,24,26)/t20-/m0/s1. The molecule has 0 aliphatic carbocycles. The second-order valence-corrected chi connectivity index (χ2v) is 6.63. The summed E-state index contributed by atoms with van der Waals surface area (Å²) in [6, 6.07) is 17.2. The van der Waals surface area contributed by atoms with Gasteiger partial charge in [-0.2, -0.15) is 0 Å². The Hall–Kier alpha value is -3.94. The molecular formula is C22H21N3O5. The van der Waals surface area contributed by atoms with Gasteiger partial charge in [0.1, 0.15) is 11.4 Å². The van der Waals surface area contributed by atoms with Gasteiger partial charge < -0.3 is 24.9 Å². The Bertz CT molecular complexity index is 1070. The lowest BCUT2D eigenvalue weighted by Gasteiger charge is -2.20. The highest BCUT2D eigenvalue weighted by atomic mass is 16.6. The van der Waals surface area contributed by atoms with Crippen molar-refractivity contribution in [1.29, 1.82) is 0 Å². The summed E-state index contributed by atoms with van der Waals surface area (Å²) in [5.41, 5.74) is 2.42. The van der Waals surface area contributed by atoms with E-state index in [0.717, 1.165) is 5.56 Å². The fourth-order valence-corrected chi connectivity index (χ4v) is 2.90. The van der Waals surface area contributed by atoms with E-state index in [1.807, 2.05) is 13.0 Å². The second kappa shape index (κ2) is 9.04. The van der Waals surface area contributed by atoms with Crippen molar-refractivity contribution < 1.29 is 19.2 Å². The smallest absolute Gasteiger partial charge is 0.406 e. The maximum atomic E-state index is 13.2. The van der Waals surface area contributed by atoms with Crippen molar-refractivity contribution in [1.82, 2.24) is 4.98 Å². The lowest BCUT2D eigenvalue weighted by molar-refractivity contribution is -0.390. The number of hydrogen-bond acceptors (Lipinski definition) is 6. The van der Waals surface area contributed by atoms with Crippen molar-refractivity contribution in [3.8, 4) is 11.5 Å². The largest absolute Gasteiger partial charge is 0.495 e. The molecule has 8 nitrogen and oxygen atoms in total. The first-order valence-corrected chi connectivity index (χ1v) is 9.18. The number of benzene rings is 2. The van der Waals surface area contributed by atoms with Crippen molar-refractivity contribution in [3.05, 3.63) is 87.6 Å². The van der Waals surface area contributed by atoms with Crippen molar-refractivity contribution in [2.24, 2.45) is 0 Å². The summed E-state index contributed by atoms with van der Waals surface area (Å²) >= 11 is 0. The quantitative estimate of drug-likeness (QED) is 0.461. The number of carbonyl (C=O) groups is 1. The summed E-state index contributed by atoms with van der Waals surface area (Å²) in [6.07, 6.45) is -1.14. The topological polar surface area (TPSA) is 104 Å². The Morgan fingerprint density at radius 2 is 1.77 bits per heavy atom. The van der Waals surface area contributed by atoms with E-state index >= 15 is 0 Å². The Morgan fingerprint density at radius 1 is 1.07 bits per heavy atom.